The topological polar surface area (TPSA) is 38.0 Å². The minimum Gasteiger partial charge on any atom is -0.271 e. The Hall–Kier alpha value is 0.500. The Morgan fingerprint density at radius 2 is 1.36 bits per heavy atom. The van der Waals surface area contributed by atoms with Crippen LogP contribution in [-0.2, 0) is 0 Å². The normalized spacial score (nSPS) is 10.7. The summed E-state index contributed by atoms with van der Waals surface area (Å²) in [7, 11) is 0. The summed E-state index contributed by atoms with van der Waals surface area (Å²) in [6, 6.07) is 0. The quantitative estimate of drug-likeness (QED) is 0.556. The summed E-state index contributed by atoms with van der Waals surface area (Å²) in [6.07, 6.45) is 4.66. The van der Waals surface area contributed by atoms with Crippen molar-refractivity contribution in [1.82, 2.24) is 5.43 Å². The fourth-order valence-electron chi connectivity index (χ4n) is 2.22. The van der Waals surface area contributed by atoms with Gasteiger partial charge in [-0.05, 0) is 18.8 Å². The number of nitrogens with two attached hydrogens (primary N) is 1. The molecule has 0 aliphatic heterocycles. The van der Waals surface area contributed by atoms with Gasteiger partial charge in [-0.1, -0.05) is 40.5 Å². The van der Waals surface area contributed by atoms with E-state index in [9.17, 15) is 0 Å². The average Bonchev–Trinajstić information content (AvgIpc) is 2.14. The first-order valence-electron chi connectivity index (χ1n) is 5.18. The number of nitrogens with one attached hydrogen (secondary N) is 1. The van der Waals surface area contributed by atoms with Crippen LogP contribution in [0.4, 0.5) is 0 Å². The van der Waals surface area contributed by atoms with Crippen LogP contribution < -0.4 is 11.3 Å². The second-order valence-electron chi connectivity index (χ2n) is 3.52. The highest BCUT2D eigenvalue weighted by Gasteiger charge is 2.31. The first-order chi connectivity index (χ1) is 5.70. The number of hydrazine groups is 1. The van der Waals surface area contributed by atoms with Crippen molar-refractivity contribution in [2.45, 2.75) is 58.9 Å². The smallest absolute Gasteiger partial charge is 0.0344 e. The second-order valence-corrected chi connectivity index (χ2v) is 3.52. The van der Waals surface area contributed by atoms with Crippen molar-refractivity contribution >= 4 is 24.8 Å². The van der Waals surface area contributed by atoms with E-state index in [0.29, 0.717) is 5.92 Å². The van der Waals surface area contributed by atoms with E-state index in [4.69, 9.17) is 5.84 Å². The van der Waals surface area contributed by atoms with Crippen molar-refractivity contribution in [3.8, 4) is 0 Å². The van der Waals surface area contributed by atoms with Crippen molar-refractivity contribution < 1.29 is 0 Å². The monoisotopic (exact) mass is 244 g/mol. The molecular formula is C10H26Cl2N2. The third-order valence-electron chi connectivity index (χ3n) is 3.32. The van der Waals surface area contributed by atoms with E-state index >= 15 is 0 Å². The summed E-state index contributed by atoms with van der Waals surface area (Å²) in [4.78, 5) is 0. The van der Waals surface area contributed by atoms with E-state index in [1.807, 2.05) is 0 Å². The molecule has 0 bridgehead atoms. The van der Waals surface area contributed by atoms with Gasteiger partial charge in [0.25, 0.3) is 0 Å². The van der Waals surface area contributed by atoms with Gasteiger partial charge in [-0.15, -0.1) is 24.8 Å². The molecule has 0 radical (unpaired) electrons. The molecule has 3 N–H and O–H groups in total. The first-order valence-corrected chi connectivity index (χ1v) is 5.18. The summed E-state index contributed by atoms with van der Waals surface area (Å²) >= 11 is 0. The Morgan fingerprint density at radius 3 is 1.43 bits per heavy atom. The van der Waals surface area contributed by atoms with E-state index in [2.05, 4.69) is 33.1 Å². The molecule has 4 heteroatoms. The molecule has 0 atom stereocenters. The van der Waals surface area contributed by atoms with Gasteiger partial charge in [0.1, 0.15) is 0 Å². The van der Waals surface area contributed by atoms with Gasteiger partial charge in [-0.3, -0.25) is 11.3 Å². The van der Waals surface area contributed by atoms with Crippen LogP contribution in [0.2, 0.25) is 0 Å². The van der Waals surface area contributed by atoms with Crippen LogP contribution in [0.15, 0.2) is 0 Å². The molecule has 90 valence electrons. The van der Waals surface area contributed by atoms with Gasteiger partial charge in [0, 0.05) is 5.54 Å². The standard InChI is InChI=1S/C10H24N2.2ClH/c1-5-9(6-2)10(7-3,8-4)12-11;;/h9,12H,5-8,11H2,1-4H3;2*1H. The number of rotatable bonds is 6. The number of hydrogen-bond donors (Lipinski definition) is 2. The third-order valence-corrected chi connectivity index (χ3v) is 3.32. The van der Waals surface area contributed by atoms with Gasteiger partial charge in [0.2, 0.25) is 0 Å². The molecule has 0 aromatic heterocycles. The minimum absolute atomic E-state index is 0. The summed E-state index contributed by atoms with van der Waals surface area (Å²) in [5.41, 5.74) is 3.19. The third kappa shape index (κ3) is 4.35. The lowest BCUT2D eigenvalue weighted by Gasteiger charge is -2.38. The van der Waals surface area contributed by atoms with Crippen molar-refractivity contribution in [3.05, 3.63) is 0 Å². The molecule has 0 aliphatic rings. The maximum absolute atomic E-state index is 5.63. The lowest BCUT2D eigenvalue weighted by atomic mass is 9.77. The molecule has 0 unspecified atom stereocenters. The highest BCUT2D eigenvalue weighted by atomic mass is 35.5. The zero-order valence-corrected chi connectivity index (χ0v) is 11.4. The van der Waals surface area contributed by atoms with E-state index < -0.39 is 0 Å². The van der Waals surface area contributed by atoms with Crippen LogP contribution in [0.3, 0.4) is 0 Å². The summed E-state index contributed by atoms with van der Waals surface area (Å²) in [5.74, 6) is 6.34. The van der Waals surface area contributed by atoms with Crippen molar-refractivity contribution in [1.29, 1.82) is 0 Å². The molecule has 0 heterocycles. The zero-order chi connectivity index (χ0) is 9.61. The fraction of sp³-hybridized carbons (Fsp3) is 1.00. The molecule has 0 amide bonds. The van der Waals surface area contributed by atoms with Gasteiger partial charge in [-0.2, -0.15) is 0 Å². The predicted molar refractivity (Wildman–Crippen MR) is 69.2 cm³/mol. The SMILES string of the molecule is CCC(CC)C(CC)(CC)NN.Cl.Cl. The average molecular weight is 245 g/mol. The maximum atomic E-state index is 5.63. The molecule has 2 nitrogen and oxygen atoms in total. The molecule has 0 aliphatic carbocycles. The van der Waals surface area contributed by atoms with E-state index in [1.54, 1.807) is 0 Å². The van der Waals surface area contributed by atoms with Crippen molar-refractivity contribution in [2.75, 3.05) is 0 Å². The molecule has 0 aromatic rings. The Balaban J connectivity index is -0.000000605. The van der Waals surface area contributed by atoms with Crippen molar-refractivity contribution in [3.63, 3.8) is 0 Å². The highest BCUT2D eigenvalue weighted by Crippen LogP contribution is 2.29. The molecule has 0 rings (SSSR count). The van der Waals surface area contributed by atoms with Crippen molar-refractivity contribution in [2.24, 2.45) is 11.8 Å². The van der Waals surface area contributed by atoms with Crippen LogP contribution in [-0.4, -0.2) is 5.54 Å². The number of halogens is 2. The van der Waals surface area contributed by atoms with Gasteiger partial charge in [0.15, 0.2) is 0 Å². The van der Waals surface area contributed by atoms with Gasteiger partial charge >= 0.3 is 0 Å². The fourth-order valence-corrected chi connectivity index (χ4v) is 2.22. The summed E-state index contributed by atoms with van der Waals surface area (Å²) in [5, 5.41) is 0. The molecule has 0 spiro atoms. The second kappa shape index (κ2) is 10.0. The van der Waals surface area contributed by atoms with E-state index in [0.717, 1.165) is 12.8 Å². The predicted octanol–water partition coefficient (Wildman–Crippen LogP) is 3.29. The minimum atomic E-state index is 0. The highest BCUT2D eigenvalue weighted by molar-refractivity contribution is 5.85. The van der Waals surface area contributed by atoms with Crippen LogP contribution in [0, 0.1) is 5.92 Å². The van der Waals surface area contributed by atoms with Crippen LogP contribution in [0.5, 0.6) is 0 Å². The zero-order valence-electron chi connectivity index (χ0n) is 9.80. The lowest BCUT2D eigenvalue weighted by Crippen LogP contribution is -2.53. The largest absolute Gasteiger partial charge is 0.271 e. The Kier molecular flexibility index (Phi) is 14.3. The Morgan fingerprint density at radius 1 is 1.00 bits per heavy atom. The molecule has 0 aromatic carbocycles. The summed E-state index contributed by atoms with van der Waals surface area (Å²) < 4.78 is 0. The van der Waals surface area contributed by atoms with Gasteiger partial charge in [0.05, 0.1) is 0 Å². The lowest BCUT2D eigenvalue weighted by molar-refractivity contribution is 0.181. The maximum Gasteiger partial charge on any atom is 0.0344 e. The van der Waals surface area contributed by atoms with E-state index in [1.165, 1.54) is 12.8 Å². The molecule has 0 fully saturated rings. The van der Waals surface area contributed by atoms with Gasteiger partial charge < -0.3 is 0 Å². The van der Waals surface area contributed by atoms with Crippen LogP contribution in [0.25, 0.3) is 0 Å². The molecular weight excluding hydrogens is 219 g/mol. The summed E-state index contributed by atoms with van der Waals surface area (Å²) in [6.45, 7) is 8.90. The Labute approximate surface area is 101 Å². The first kappa shape index (κ1) is 20.0. The molecule has 14 heavy (non-hydrogen) atoms. The van der Waals surface area contributed by atoms with Gasteiger partial charge in [-0.25, -0.2) is 0 Å². The van der Waals surface area contributed by atoms with E-state index in [-0.39, 0.29) is 30.4 Å². The Bertz CT molecular complexity index is 104. The van der Waals surface area contributed by atoms with Crippen LogP contribution in [0.1, 0.15) is 53.4 Å². The van der Waals surface area contributed by atoms with Crippen LogP contribution >= 0.6 is 24.8 Å². The molecule has 0 saturated carbocycles. The molecule has 0 saturated heterocycles. The number of hydrogen-bond acceptors (Lipinski definition) is 2.